The van der Waals surface area contributed by atoms with Crippen LogP contribution in [0.1, 0.15) is 12.5 Å². The Morgan fingerprint density at radius 2 is 2.18 bits per heavy atom. The Morgan fingerprint density at radius 3 is 2.82 bits per heavy atom. The first-order valence-corrected chi connectivity index (χ1v) is 5.07. The SMILES string of the molecule is CC(=O)Cc1ccnc2[nH]c(=O)n(C)c(=O)c12. The highest BCUT2D eigenvalue weighted by molar-refractivity contribution is 5.85. The van der Waals surface area contributed by atoms with Crippen molar-refractivity contribution in [2.45, 2.75) is 13.3 Å². The van der Waals surface area contributed by atoms with Gasteiger partial charge in [0, 0.05) is 19.7 Å². The minimum atomic E-state index is -0.519. The van der Waals surface area contributed by atoms with E-state index in [0.717, 1.165) is 4.57 Å². The maximum Gasteiger partial charge on any atom is 0.329 e. The number of rotatable bonds is 2. The number of ketones is 1. The van der Waals surface area contributed by atoms with Crippen LogP contribution in [-0.4, -0.2) is 20.3 Å². The van der Waals surface area contributed by atoms with E-state index in [2.05, 4.69) is 9.97 Å². The summed E-state index contributed by atoms with van der Waals surface area (Å²) in [7, 11) is 1.38. The summed E-state index contributed by atoms with van der Waals surface area (Å²) < 4.78 is 0.966. The summed E-state index contributed by atoms with van der Waals surface area (Å²) in [6.07, 6.45) is 1.62. The third-order valence-electron chi connectivity index (χ3n) is 2.53. The lowest BCUT2D eigenvalue weighted by atomic mass is 10.1. The minimum absolute atomic E-state index is 0.0502. The van der Waals surface area contributed by atoms with Gasteiger partial charge in [-0.05, 0) is 18.6 Å². The van der Waals surface area contributed by atoms with E-state index in [-0.39, 0.29) is 17.9 Å². The lowest BCUT2D eigenvalue weighted by Crippen LogP contribution is -2.33. The molecule has 0 radical (unpaired) electrons. The number of aromatic nitrogens is 3. The number of carbonyl (C=O) groups is 1. The predicted molar refractivity (Wildman–Crippen MR) is 62.0 cm³/mol. The number of pyridine rings is 1. The Balaban J connectivity index is 2.89. The molecule has 0 aliphatic heterocycles. The molecular formula is C11H11N3O3. The van der Waals surface area contributed by atoms with Gasteiger partial charge >= 0.3 is 5.69 Å². The molecule has 0 aromatic carbocycles. The lowest BCUT2D eigenvalue weighted by Gasteiger charge is -2.04. The number of nitrogens with zero attached hydrogens (tertiary/aromatic N) is 2. The molecule has 0 saturated carbocycles. The first kappa shape index (κ1) is 11.3. The molecule has 0 saturated heterocycles. The fraction of sp³-hybridized carbons (Fsp3) is 0.273. The van der Waals surface area contributed by atoms with Gasteiger partial charge in [-0.25, -0.2) is 9.78 Å². The molecule has 1 N–H and O–H groups in total. The van der Waals surface area contributed by atoms with Crippen LogP contribution in [0.4, 0.5) is 0 Å². The molecule has 2 rings (SSSR count). The zero-order valence-corrected chi connectivity index (χ0v) is 9.48. The van der Waals surface area contributed by atoms with Crippen molar-refractivity contribution >= 4 is 16.8 Å². The molecule has 2 aromatic rings. The van der Waals surface area contributed by atoms with Crippen molar-refractivity contribution in [3.63, 3.8) is 0 Å². The Hall–Kier alpha value is -2.24. The number of hydrogen-bond donors (Lipinski definition) is 1. The van der Waals surface area contributed by atoms with Crippen LogP contribution in [0.25, 0.3) is 11.0 Å². The van der Waals surface area contributed by atoms with E-state index in [1.807, 2.05) is 0 Å². The topological polar surface area (TPSA) is 84.8 Å². The van der Waals surface area contributed by atoms with Crippen molar-refractivity contribution < 1.29 is 4.79 Å². The molecule has 0 atom stereocenters. The van der Waals surface area contributed by atoms with Crippen molar-refractivity contribution in [1.82, 2.24) is 14.5 Å². The quantitative estimate of drug-likeness (QED) is 0.775. The molecule has 2 aromatic heterocycles. The number of hydrogen-bond acceptors (Lipinski definition) is 4. The largest absolute Gasteiger partial charge is 0.329 e. The maximum absolute atomic E-state index is 11.9. The van der Waals surface area contributed by atoms with Crippen molar-refractivity contribution in [3.05, 3.63) is 38.7 Å². The summed E-state index contributed by atoms with van der Waals surface area (Å²) in [4.78, 5) is 40.9. The van der Waals surface area contributed by atoms with E-state index in [1.165, 1.54) is 20.2 Å². The van der Waals surface area contributed by atoms with Gasteiger partial charge in [0.2, 0.25) is 0 Å². The maximum atomic E-state index is 11.9. The Bertz CT molecular complexity index is 712. The van der Waals surface area contributed by atoms with Gasteiger partial charge in [0.05, 0.1) is 5.39 Å². The van der Waals surface area contributed by atoms with Crippen LogP contribution in [0.15, 0.2) is 21.9 Å². The average Bonchev–Trinajstić information content (AvgIpc) is 2.25. The van der Waals surface area contributed by atoms with Crippen LogP contribution in [0, 0.1) is 0 Å². The van der Waals surface area contributed by atoms with Gasteiger partial charge in [-0.15, -0.1) is 0 Å². The fourth-order valence-electron chi connectivity index (χ4n) is 1.70. The molecule has 0 aliphatic rings. The van der Waals surface area contributed by atoms with Gasteiger partial charge in [0.25, 0.3) is 5.56 Å². The number of aromatic amines is 1. The molecule has 0 spiro atoms. The van der Waals surface area contributed by atoms with E-state index in [9.17, 15) is 14.4 Å². The second-order valence-electron chi connectivity index (χ2n) is 3.87. The van der Waals surface area contributed by atoms with Gasteiger partial charge < -0.3 is 0 Å². The highest BCUT2D eigenvalue weighted by Gasteiger charge is 2.11. The van der Waals surface area contributed by atoms with Crippen LogP contribution >= 0.6 is 0 Å². The molecular weight excluding hydrogens is 222 g/mol. The summed E-state index contributed by atoms with van der Waals surface area (Å²) in [6, 6.07) is 1.61. The molecule has 6 nitrogen and oxygen atoms in total. The van der Waals surface area contributed by atoms with E-state index < -0.39 is 11.2 Å². The van der Waals surface area contributed by atoms with Crippen LogP contribution in [0.5, 0.6) is 0 Å². The molecule has 0 fully saturated rings. The summed E-state index contributed by atoms with van der Waals surface area (Å²) in [5.74, 6) is -0.0502. The molecule has 6 heteroatoms. The van der Waals surface area contributed by atoms with E-state index >= 15 is 0 Å². The lowest BCUT2D eigenvalue weighted by molar-refractivity contribution is -0.116. The smallest absolute Gasteiger partial charge is 0.300 e. The molecule has 17 heavy (non-hydrogen) atoms. The van der Waals surface area contributed by atoms with Gasteiger partial charge in [0.1, 0.15) is 11.4 Å². The summed E-state index contributed by atoms with van der Waals surface area (Å²) >= 11 is 0. The van der Waals surface area contributed by atoms with Crippen molar-refractivity contribution in [2.24, 2.45) is 7.05 Å². The summed E-state index contributed by atoms with van der Waals surface area (Å²) in [5, 5.41) is 0.296. The average molecular weight is 233 g/mol. The normalized spacial score (nSPS) is 10.7. The first-order chi connectivity index (χ1) is 8.00. The van der Waals surface area contributed by atoms with E-state index in [0.29, 0.717) is 10.9 Å². The summed E-state index contributed by atoms with van der Waals surface area (Å²) in [5.41, 5.74) is -0.153. The van der Waals surface area contributed by atoms with Crippen LogP contribution < -0.4 is 11.2 Å². The van der Waals surface area contributed by atoms with Crippen LogP contribution in [0.2, 0.25) is 0 Å². The van der Waals surface area contributed by atoms with Crippen LogP contribution in [0.3, 0.4) is 0 Å². The molecule has 2 heterocycles. The minimum Gasteiger partial charge on any atom is -0.300 e. The summed E-state index contributed by atoms with van der Waals surface area (Å²) in [6.45, 7) is 1.45. The first-order valence-electron chi connectivity index (χ1n) is 5.07. The van der Waals surface area contributed by atoms with Gasteiger partial charge in [-0.3, -0.25) is 19.1 Å². The van der Waals surface area contributed by atoms with E-state index in [4.69, 9.17) is 0 Å². The van der Waals surface area contributed by atoms with E-state index in [1.54, 1.807) is 6.07 Å². The third-order valence-corrected chi connectivity index (χ3v) is 2.53. The standard InChI is InChI=1S/C11H11N3O3/c1-6(15)5-7-3-4-12-9-8(7)10(16)14(2)11(17)13-9/h3-4H,5H2,1-2H3,(H,12,13,17). The van der Waals surface area contributed by atoms with Gasteiger partial charge in [-0.1, -0.05) is 0 Å². The Labute approximate surface area is 95.9 Å². The predicted octanol–water partition coefficient (Wildman–Crippen LogP) is -0.247. The molecule has 88 valence electrons. The zero-order chi connectivity index (χ0) is 12.6. The Morgan fingerprint density at radius 1 is 1.47 bits per heavy atom. The monoisotopic (exact) mass is 233 g/mol. The van der Waals surface area contributed by atoms with Crippen LogP contribution in [-0.2, 0) is 18.3 Å². The fourth-order valence-corrected chi connectivity index (χ4v) is 1.70. The Kier molecular flexibility index (Phi) is 2.63. The molecule has 0 aliphatic carbocycles. The number of Topliss-reactive ketones (excluding diaryl/α,β-unsaturated/α-hetero) is 1. The number of fused-ring (bicyclic) bond motifs is 1. The molecule has 0 bridgehead atoms. The van der Waals surface area contributed by atoms with Gasteiger partial charge in [0.15, 0.2) is 0 Å². The third kappa shape index (κ3) is 1.89. The highest BCUT2D eigenvalue weighted by Crippen LogP contribution is 2.10. The van der Waals surface area contributed by atoms with Crippen molar-refractivity contribution in [3.8, 4) is 0 Å². The zero-order valence-electron chi connectivity index (χ0n) is 9.48. The second-order valence-corrected chi connectivity index (χ2v) is 3.87. The number of nitrogens with one attached hydrogen (secondary N) is 1. The number of carbonyl (C=O) groups excluding carboxylic acids is 1. The van der Waals surface area contributed by atoms with Gasteiger partial charge in [-0.2, -0.15) is 0 Å². The van der Waals surface area contributed by atoms with Crippen molar-refractivity contribution in [2.75, 3.05) is 0 Å². The molecule has 0 unspecified atom stereocenters. The second kappa shape index (κ2) is 3.97. The highest BCUT2D eigenvalue weighted by atomic mass is 16.2. The molecule has 0 amide bonds. The number of H-pyrrole nitrogens is 1. The van der Waals surface area contributed by atoms with Crippen molar-refractivity contribution in [1.29, 1.82) is 0 Å².